The lowest BCUT2D eigenvalue weighted by Crippen LogP contribution is -2.34. The van der Waals surface area contributed by atoms with E-state index in [2.05, 4.69) is 20.5 Å². The van der Waals surface area contributed by atoms with Crippen molar-refractivity contribution in [2.45, 2.75) is 38.0 Å². The van der Waals surface area contributed by atoms with Crippen molar-refractivity contribution in [1.82, 2.24) is 25.1 Å². The third-order valence-corrected chi connectivity index (χ3v) is 6.91. The summed E-state index contributed by atoms with van der Waals surface area (Å²) in [6.45, 7) is 0.330. The molecule has 1 saturated carbocycles. The number of hydrogen-bond donors (Lipinski definition) is 1. The summed E-state index contributed by atoms with van der Waals surface area (Å²) in [6, 6.07) is 14.5. The van der Waals surface area contributed by atoms with Gasteiger partial charge in [-0.1, -0.05) is 24.6 Å². The summed E-state index contributed by atoms with van der Waals surface area (Å²) < 4.78 is 63.4. The van der Waals surface area contributed by atoms with Crippen LogP contribution < -0.4 is 5.32 Å². The highest BCUT2D eigenvalue weighted by molar-refractivity contribution is 5.84. The van der Waals surface area contributed by atoms with Gasteiger partial charge in [-0.05, 0) is 65.9 Å². The Morgan fingerprint density at radius 3 is 2.55 bits per heavy atom. The first kappa shape index (κ1) is 24.3. The van der Waals surface area contributed by atoms with Crippen LogP contribution in [0.1, 0.15) is 30.4 Å². The molecule has 0 spiro atoms. The highest BCUT2D eigenvalue weighted by Gasteiger charge is 2.35. The molecule has 0 aliphatic heterocycles. The number of nitrogens with zero attached hydrogens (tertiary/aromatic N) is 4. The monoisotopic (exact) mass is 521 g/mol. The molecule has 1 aliphatic carbocycles. The maximum atomic E-state index is 14.2. The number of rotatable bonds is 6. The molecule has 5 aromatic rings. The number of aryl methyl sites for hydroxylation is 1. The van der Waals surface area contributed by atoms with E-state index in [0.29, 0.717) is 46.2 Å². The number of oxazole rings is 1. The average Bonchev–Trinajstić information content (AvgIpc) is 3.48. The number of hydrogen-bond acceptors (Lipinski definition) is 5. The van der Waals surface area contributed by atoms with E-state index in [0.717, 1.165) is 25.3 Å². The number of alkyl halides is 3. The molecule has 0 saturated heterocycles. The molecule has 2 aromatic heterocycles. The molecule has 6 rings (SSSR count). The molecule has 1 aliphatic rings. The standard InChI is InChI=1S/C28H23F4N5O/c1-37-15-34-36-26(37)22-13-19(29)8-9-21(22)17-4-2-5-18(12-17)27-35-24-11-16(14-33-20-6-3-7-20)10-23(25(24)38-27)28(30,31)32/h2,4-5,8-13,15,20,33H,3,6-7,14H2,1H3. The van der Waals surface area contributed by atoms with Crippen LogP contribution in [0, 0.1) is 5.82 Å². The minimum absolute atomic E-state index is 0.0683. The lowest BCUT2D eigenvalue weighted by Gasteiger charge is -2.26. The Hall–Kier alpha value is -4.05. The molecule has 3 aromatic carbocycles. The number of benzene rings is 3. The highest BCUT2D eigenvalue weighted by Crippen LogP contribution is 2.39. The van der Waals surface area contributed by atoms with Crippen LogP contribution >= 0.6 is 0 Å². The van der Waals surface area contributed by atoms with Crippen LogP contribution in [0.5, 0.6) is 0 Å². The van der Waals surface area contributed by atoms with E-state index < -0.39 is 17.6 Å². The van der Waals surface area contributed by atoms with Crippen LogP contribution in [-0.4, -0.2) is 25.8 Å². The van der Waals surface area contributed by atoms with Crippen LogP contribution in [0.2, 0.25) is 0 Å². The van der Waals surface area contributed by atoms with Gasteiger partial charge in [-0.2, -0.15) is 13.2 Å². The number of halogens is 4. The lowest BCUT2D eigenvalue weighted by atomic mass is 9.93. The van der Waals surface area contributed by atoms with Crippen LogP contribution in [0.25, 0.3) is 45.1 Å². The summed E-state index contributed by atoms with van der Waals surface area (Å²) in [7, 11) is 1.76. The van der Waals surface area contributed by atoms with Crippen molar-refractivity contribution in [3.05, 3.63) is 77.9 Å². The van der Waals surface area contributed by atoms with Gasteiger partial charge in [0.25, 0.3) is 0 Å². The average molecular weight is 522 g/mol. The third kappa shape index (κ3) is 4.56. The Kier molecular flexibility index (Phi) is 5.98. The van der Waals surface area contributed by atoms with Gasteiger partial charge in [0.05, 0.1) is 0 Å². The molecule has 2 heterocycles. The predicted octanol–water partition coefficient (Wildman–Crippen LogP) is 6.76. The molecule has 0 atom stereocenters. The molecule has 0 radical (unpaired) electrons. The van der Waals surface area contributed by atoms with Crippen molar-refractivity contribution >= 4 is 11.1 Å². The Morgan fingerprint density at radius 1 is 1.03 bits per heavy atom. The second-order valence-corrected chi connectivity index (χ2v) is 9.55. The Balaban J connectivity index is 1.41. The number of nitrogens with one attached hydrogen (secondary N) is 1. The van der Waals surface area contributed by atoms with Gasteiger partial charge in [0.15, 0.2) is 11.4 Å². The first-order chi connectivity index (χ1) is 18.3. The van der Waals surface area contributed by atoms with Gasteiger partial charge >= 0.3 is 6.18 Å². The van der Waals surface area contributed by atoms with Gasteiger partial charge in [-0.15, -0.1) is 10.2 Å². The van der Waals surface area contributed by atoms with Crippen molar-refractivity contribution in [3.63, 3.8) is 0 Å². The highest BCUT2D eigenvalue weighted by atomic mass is 19.4. The van der Waals surface area contributed by atoms with Gasteiger partial charge in [-0.25, -0.2) is 9.37 Å². The van der Waals surface area contributed by atoms with Gasteiger partial charge in [0.1, 0.15) is 23.2 Å². The van der Waals surface area contributed by atoms with E-state index >= 15 is 0 Å². The zero-order valence-electron chi connectivity index (χ0n) is 20.4. The quantitative estimate of drug-likeness (QED) is 0.250. The van der Waals surface area contributed by atoms with Crippen LogP contribution in [0.4, 0.5) is 17.6 Å². The van der Waals surface area contributed by atoms with E-state index in [1.807, 2.05) is 6.07 Å². The van der Waals surface area contributed by atoms with Gasteiger partial charge < -0.3 is 14.3 Å². The topological polar surface area (TPSA) is 68.8 Å². The van der Waals surface area contributed by atoms with Gasteiger partial charge in [0.2, 0.25) is 5.89 Å². The van der Waals surface area contributed by atoms with E-state index in [-0.39, 0.29) is 17.0 Å². The molecular weight excluding hydrogens is 498 g/mol. The van der Waals surface area contributed by atoms with Crippen LogP contribution in [-0.2, 0) is 19.8 Å². The Morgan fingerprint density at radius 2 is 1.84 bits per heavy atom. The van der Waals surface area contributed by atoms with Crippen molar-refractivity contribution in [2.24, 2.45) is 7.05 Å². The molecule has 0 unspecified atom stereocenters. The first-order valence-electron chi connectivity index (χ1n) is 12.2. The van der Waals surface area contributed by atoms with Crippen molar-refractivity contribution in [2.75, 3.05) is 0 Å². The zero-order valence-corrected chi connectivity index (χ0v) is 20.4. The van der Waals surface area contributed by atoms with E-state index in [1.165, 1.54) is 18.5 Å². The predicted molar refractivity (Wildman–Crippen MR) is 134 cm³/mol. The molecule has 0 bridgehead atoms. The Bertz CT molecular complexity index is 1630. The van der Waals surface area contributed by atoms with Gasteiger partial charge in [-0.3, -0.25) is 0 Å². The molecule has 0 amide bonds. The van der Waals surface area contributed by atoms with Crippen molar-refractivity contribution in [3.8, 4) is 34.0 Å². The summed E-state index contributed by atoms with van der Waals surface area (Å²) in [4.78, 5) is 4.43. The smallest absolute Gasteiger partial charge is 0.420 e. The second-order valence-electron chi connectivity index (χ2n) is 9.55. The summed E-state index contributed by atoms with van der Waals surface area (Å²) in [6.07, 6.45) is 0.125. The number of aromatic nitrogens is 4. The zero-order chi connectivity index (χ0) is 26.4. The normalized spacial score (nSPS) is 14.2. The lowest BCUT2D eigenvalue weighted by molar-refractivity contribution is -0.136. The minimum Gasteiger partial charge on any atom is -0.435 e. The molecule has 194 valence electrons. The summed E-state index contributed by atoms with van der Waals surface area (Å²) in [5, 5.41) is 11.3. The molecule has 10 heteroatoms. The summed E-state index contributed by atoms with van der Waals surface area (Å²) >= 11 is 0. The fourth-order valence-electron chi connectivity index (χ4n) is 4.70. The first-order valence-corrected chi connectivity index (χ1v) is 12.2. The summed E-state index contributed by atoms with van der Waals surface area (Å²) in [5.41, 5.74) is 1.91. The van der Waals surface area contributed by atoms with E-state index in [4.69, 9.17) is 4.42 Å². The molecule has 6 nitrogen and oxygen atoms in total. The Labute approximate surface area is 215 Å². The maximum absolute atomic E-state index is 14.2. The van der Waals surface area contributed by atoms with Crippen LogP contribution in [0.15, 0.2) is 65.3 Å². The van der Waals surface area contributed by atoms with E-state index in [1.54, 1.807) is 41.9 Å². The number of fused-ring (bicyclic) bond motifs is 1. The van der Waals surface area contributed by atoms with Gasteiger partial charge in [0, 0.05) is 30.8 Å². The van der Waals surface area contributed by atoms with Crippen LogP contribution in [0.3, 0.4) is 0 Å². The minimum atomic E-state index is -4.59. The summed E-state index contributed by atoms with van der Waals surface area (Å²) in [5.74, 6) is 0.118. The van der Waals surface area contributed by atoms with Crippen molar-refractivity contribution in [1.29, 1.82) is 0 Å². The molecule has 1 fully saturated rings. The largest absolute Gasteiger partial charge is 0.435 e. The maximum Gasteiger partial charge on any atom is 0.420 e. The molecule has 38 heavy (non-hydrogen) atoms. The third-order valence-electron chi connectivity index (χ3n) is 6.91. The molecule has 1 N–H and O–H groups in total. The fourth-order valence-corrected chi connectivity index (χ4v) is 4.70. The SMILES string of the molecule is Cn1cnnc1-c1cc(F)ccc1-c1cccc(-c2nc3cc(CNC4CCC4)cc(C(F)(F)F)c3o2)c1. The molecular formula is C28H23F4N5O. The van der Waals surface area contributed by atoms with Crippen molar-refractivity contribution < 1.29 is 22.0 Å². The van der Waals surface area contributed by atoms with E-state index in [9.17, 15) is 17.6 Å². The second kappa shape index (κ2) is 9.36. The fraction of sp³-hybridized carbons (Fsp3) is 0.250.